The molecule has 0 aliphatic carbocycles. The molecule has 0 atom stereocenters. The van der Waals surface area contributed by atoms with Crippen LogP contribution in [0.15, 0.2) is 30.3 Å². The Bertz CT molecular complexity index is 688. The maximum absolute atomic E-state index is 13.3. The highest BCUT2D eigenvalue weighted by Crippen LogP contribution is 2.34. The van der Waals surface area contributed by atoms with Crippen molar-refractivity contribution in [2.45, 2.75) is 6.92 Å². The summed E-state index contributed by atoms with van der Waals surface area (Å²) in [5.74, 6) is -1.98. The van der Waals surface area contributed by atoms with E-state index < -0.39 is 23.0 Å². The van der Waals surface area contributed by atoms with Crippen molar-refractivity contribution in [2.75, 3.05) is 5.73 Å². The minimum absolute atomic E-state index is 0.0658. The number of carboxylic acid groups (broad SMARTS) is 1. The number of carboxylic acids is 1. The molecule has 4 nitrogen and oxygen atoms in total. The minimum atomic E-state index is -1.37. The summed E-state index contributed by atoms with van der Waals surface area (Å²) < 4.78 is 18.8. The highest BCUT2D eigenvalue weighted by molar-refractivity contribution is 6.32. The fraction of sp³-hybridized carbons (Fsp3) is 0.0714. The smallest absolute Gasteiger partial charge is 0.341 e. The molecule has 0 spiro atoms. The largest absolute Gasteiger partial charge is 0.477 e. The van der Waals surface area contributed by atoms with Crippen molar-refractivity contribution < 1.29 is 19.0 Å². The lowest BCUT2D eigenvalue weighted by atomic mass is 10.1. The van der Waals surface area contributed by atoms with Crippen LogP contribution in [-0.4, -0.2) is 11.1 Å². The van der Waals surface area contributed by atoms with Crippen LogP contribution in [0.2, 0.25) is 5.02 Å². The molecule has 0 radical (unpaired) electrons. The van der Waals surface area contributed by atoms with Crippen LogP contribution in [0.4, 0.5) is 10.1 Å². The van der Waals surface area contributed by atoms with Crippen molar-refractivity contribution in [1.82, 2.24) is 0 Å². The Morgan fingerprint density at radius 1 is 1.30 bits per heavy atom. The van der Waals surface area contributed by atoms with Gasteiger partial charge >= 0.3 is 5.97 Å². The Morgan fingerprint density at radius 3 is 2.65 bits per heavy atom. The predicted molar refractivity (Wildman–Crippen MR) is 74.0 cm³/mol. The van der Waals surface area contributed by atoms with Crippen molar-refractivity contribution >= 4 is 23.3 Å². The lowest BCUT2D eigenvalue weighted by molar-refractivity contribution is 0.0695. The highest BCUT2D eigenvalue weighted by atomic mass is 35.5. The molecule has 20 heavy (non-hydrogen) atoms. The molecule has 2 rings (SSSR count). The number of nitrogens with two attached hydrogens (primary N) is 1. The van der Waals surface area contributed by atoms with Crippen LogP contribution in [0.25, 0.3) is 0 Å². The number of hydrogen-bond donors (Lipinski definition) is 2. The van der Waals surface area contributed by atoms with E-state index >= 15 is 0 Å². The van der Waals surface area contributed by atoms with E-state index in [-0.39, 0.29) is 11.5 Å². The molecule has 0 saturated heterocycles. The van der Waals surface area contributed by atoms with Crippen molar-refractivity contribution in [3.63, 3.8) is 0 Å². The molecule has 0 bridgehead atoms. The number of rotatable bonds is 3. The Morgan fingerprint density at radius 2 is 2.00 bits per heavy atom. The molecular weight excluding hydrogens is 285 g/mol. The summed E-state index contributed by atoms with van der Waals surface area (Å²) in [6.07, 6.45) is 0. The summed E-state index contributed by atoms with van der Waals surface area (Å²) in [6, 6.07) is 7.30. The van der Waals surface area contributed by atoms with Gasteiger partial charge in [-0.1, -0.05) is 17.7 Å². The number of halogens is 2. The molecular formula is C14H11ClFNO3. The molecule has 0 heterocycles. The third-order valence-corrected chi connectivity index (χ3v) is 2.99. The average molecular weight is 296 g/mol. The number of ether oxygens (including phenoxy) is 1. The van der Waals surface area contributed by atoms with E-state index in [2.05, 4.69) is 0 Å². The van der Waals surface area contributed by atoms with Gasteiger partial charge in [-0.05, 0) is 36.8 Å². The van der Waals surface area contributed by atoms with Crippen molar-refractivity contribution in [3.05, 3.63) is 52.3 Å². The van der Waals surface area contributed by atoms with Crippen LogP contribution in [0.5, 0.6) is 11.5 Å². The standard InChI is InChI=1S/C14H11ClFNO3/c1-7-2-3-8(15)11(6-7)20-10-5-4-9(16)13(17)12(10)14(18)19/h2-6H,17H2,1H3,(H,18,19). The van der Waals surface area contributed by atoms with Gasteiger partial charge in [-0.3, -0.25) is 0 Å². The molecule has 2 aromatic rings. The van der Waals surface area contributed by atoms with Gasteiger partial charge in [0.2, 0.25) is 0 Å². The summed E-state index contributed by atoms with van der Waals surface area (Å²) in [6.45, 7) is 1.83. The normalized spacial score (nSPS) is 10.3. The first-order chi connectivity index (χ1) is 9.40. The average Bonchev–Trinajstić information content (AvgIpc) is 2.38. The topological polar surface area (TPSA) is 72.5 Å². The van der Waals surface area contributed by atoms with E-state index in [4.69, 9.17) is 27.2 Å². The number of aryl methyl sites for hydroxylation is 1. The number of hydrogen-bond acceptors (Lipinski definition) is 3. The lowest BCUT2D eigenvalue weighted by Gasteiger charge is -2.12. The number of benzene rings is 2. The molecule has 0 aromatic heterocycles. The predicted octanol–water partition coefficient (Wildman–Crippen LogP) is 3.86. The van der Waals surface area contributed by atoms with Crippen LogP contribution >= 0.6 is 11.6 Å². The molecule has 0 unspecified atom stereocenters. The van der Waals surface area contributed by atoms with Crippen LogP contribution < -0.4 is 10.5 Å². The Balaban J connectivity index is 2.51. The van der Waals surface area contributed by atoms with Crippen LogP contribution in [0.3, 0.4) is 0 Å². The van der Waals surface area contributed by atoms with E-state index in [1.54, 1.807) is 18.2 Å². The van der Waals surface area contributed by atoms with Crippen LogP contribution in [0.1, 0.15) is 15.9 Å². The Kier molecular flexibility index (Phi) is 3.81. The number of aromatic carboxylic acids is 1. The zero-order chi connectivity index (χ0) is 14.9. The van der Waals surface area contributed by atoms with Crippen LogP contribution in [-0.2, 0) is 0 Å². The van der Waals surface area contributed by atoms with E-state index in [9.17, 15) is 9.18 Å². The third kappa shape index (κ3) is 2.67. The number of nitrogen functional groups attached to an aromatic ring is 1. The van der Waals surface area contributed by atoms with Crippen molar-refractivity contribution in [3.8, 4) is 11.5 Å². The van der Waals surface area contributed by atoms with Gasteiger partial charge in [0.05, 0.1) is 10.7 Å². The number of anilines is 1. The summed E-state index contributed by atoms with van der Waals surface area (Å²) in [4.78, 5) is 11.2. The zero-order valence-electron chi connectivity index (χ0n) is 10.5. The van der Waals surface area contributed by atoms with E-state index in [1.807, 2.05) is 6.92 Å². The second kappa shape index (κ2) is 5.38. The van der Waals surface area contributed by atoms with Gasteiger partial charge in [0, 0.05) is 0 Å². The minimum Gasteiger partial charge on any atom is -0.477 e. The summed E-state index contributed by atoms with van der Waals surface area (Å²) >= 11 is 5.97. The van der Waals surface area contributed by atoms with E-state index in [0.29, 0.717) is 5.02 Å². The first-order valence-electron chi connectivity index (χ1n) is 5.65. The van der Waals surface area contributed by atoms with Gasteiger partial charge < -0.3 is 15.6 Å². The van der Waals surface area contributed by atoms with Crippen molar-refractivity contribution in [1.29, 1.82) is 0 Å². The number of carbonyl (C=O) groups is 1. The molecule has 2 aromatic carbocycles. The monoisotopic (exact) mass is 295 g/mol. The zero-order valence-corrected chi connectivity index (χ0v) is 11.2. The molecule has 104 valence electrons. The van der Waals surface area contributed by atoms with Crippen molar-refractivity contribution in [2.24, 2.45) is 0 Å². The summed E-state index contributed by atoms with van der Waals surface area (Å²) in [7, 11) is 0. The fourth-order valence-corrected chi connectivity index (χ4v) is 1.84. The summed E-state index contributed by atoms with van der Waals surface area (Å²) in [5.41, 5.74) is 5.42. The Labute approximate surface area is 119 Å². The Hall–Kier alpha value is -2.27. The molecule has 0 aliphatic rings. The molecule has 0 fully saturated rings. The molecule has 0 saturated carbocycles. The quantitative estimate of drug-likeness (QED) is 0.843. The lowest BCUT2D eigenvalue weighted by Crippen LogP contribution is -2.07. The first-order valence-corrected chi connectivity index (χ1v) is 6.03. The SMILES string of the molecule is Cc1ccc(Cl)c(Oc2ccc(F)c(N)c2C(=O)O)c1. The second-order valence-electron chi connectivity index (χ2n) is 4.18. The van der Waals surface area contributed by atoms with Crippen LogP contribution in [0, 0.1) is 12.7 Å². The second-order valence-corrected chi connectivity index (χ2v) is 4.58. The molecule has 3 N–H and O–H groups in total. The fourth-order valence-electron chi connectivity index (χ4n) is 1.69. The van der Waals surface area contributed by atoms with Gasteiger partial charge in [0.15, 0.2) is 0 Å². The molecule has 6 heteroatoms. The third-order valence-electron chi connectivity index (χ3n) is 2.67. The van der Waals surface area contributed by atoms with Gasteiger partial charge in [0.1, 0.15) is 22.9 Å². The van der Waals surface area contributed by atoms with Gasteiger partial charge in [-0.25, -0.2) is 9.18 Å². The molecule has 0 amide bonds. The van der Waals surface area contributed by atoms with Gasteiger partial charge in [-0.2, -0.15) is 0 Å². The van der Waals surface area contributed by atoms with E-state index in [1.165, 1.54) is 6.07 Å². The molecule has 0 aliphatic heterocycles. The van der Waals surface area contributed by atoms with E-state index in [0.717, 1.165) is 11.6 Å². The first kappa shape index (κ1) is 14.1. The maximum Gasteiger partial charge on any atom is 0.341 e. The van der Waals surface area contributed by atoms with Gasteiger partial charge in [0.25, 0.3) is 0 Å². The van der Waals surface area contributed by atoms with Gasteiger partial charge in [-0.15, -0.1) is 0 Å². The maximum atomic E-state index is 13.3. The highest BCUT2D eigenvalue weighted by Gasteiger charge is 2.19. The summed E-state index contributed by atoms with van der Waals surface area (Å²) in [5, 5.41) is 9.43.